The van der Waals surface area contributed by atoms with Gasteiger partial charge in [-0.2, -0.15) is 0 Å². The first-order valence-electron chi connectivity index (χ1n) is 8.88. The van der Waals surface area contributed by atoms with Crippen LogP contribution in [-0.2, 0) is 0 Å². The van der Waals surface area contributed by atoms with E-state index in [4.69, 9.17) is 0 Å². The van der Waals surface area contributed by atoms with E-state index in [1.165, 1.54) is 29.3 Å². The zero-order valence-corrected chi connectivity index (χ0v) is 15.2. The number of phenolic OH excluding ortho intramolecular Hbond substituents is 1. The Balaban J connectivity index is 1.70. The van der Waals surface area contributed by atoms with E-state index in [9.17, 15) is 14.7 Å². The van der Waals surface area contributed by atoms with E-state index in [2.05, 4.69) is 10.7 Å². The second-order valence-electron chi connectivity index (χ2n) is 6.67. The summed E-state index contributed by atoms with van der Waals surface area (Å²) >= 11 is 0. The van der Waals surface area contributed by atoms with Crippen LogP contribution in [0.5, 0.6) is 5.75 Å². The number of nitrogens with zero attached hydrogens (tertiary/aromatic N) is 1. The third-order valence-electron chi connectivity index (χ3n) is 4.67. The quantitative estimate of drug-likeness (QED) is 0.655. The summed E-state index contributed by atoms with van der Waals surface area (Å²) in [6.45, 7) is 1.99. The lowest BCUT2D eigenvalue weighted by atomic mass is 10.0. The smallest absolute Gasteiger partial charge is 0.276 e. The third-order valence-corrected chi connectivity index (χ3v) is 4.67. The fraction of sp³-hybridized carbons (Fsp3) is 0.0909. The molecule has 1 aliphatic rings. The summed E-state index contributed by atoms with van der Waals surface area (Å²) < 4.78 is 0. The van der Waals surface area contributed by atoms with Crippen LogP contribution in [0.15, 0.2) is 72.8 Å². The van der Waals surface area contributed by atoms with Crippen molar-refractivity contribution in [2.75, 3.05) is 5.32 Å². The number of aryl methyl sites for hydroxylation is 1. The van der Waals surface area contributed by atoms with Gasteiger partial charge >= 0.3 is 0 Å². The van der Waals surface area contributed by atoms with Gasteiger partial charge in [0.2, 0.25) is 0 Å². The number of nitrogens with one attached hydrogen (secondary N) is 2. The molecule has 0 saturated heterocycles. The standard InChI is InChI=1S/C22H19N3O3/c1-14-6-8-15(9-7-14)20-23-19-5-3-2-4-18(19)22(28)25(20)24-21(27)16-10-12-17(26)13-11-16/h2-13,20,23,26H,1H3,(H,24,27). The van der Waals surface area contributed by atoms with E-state index < -0.39 is 12.1 Å². The van der Waals surface area contributed by atoms with Crippen LogP contribution in [0.4, 0.5) is 5.69 Å². The topological polar surface area (TPSA) is 81.7 Å². The van der Waals surface area contributed by atoms with E-state index in [1.54, 1.807) is 12.1 Å². The molecule has 1 unspecified atom stereocenters. The highest BCUT2D eigenvalue weighted by molar-refractivity contribution is 6.04. The molecule has 1 aliphatic heterocycles. The van der Waals surface area contributed by atoms with Crippen molar-refractivity contribution in [1.29, 1.82) is 0 Å². The molecule has 28 heavy (non-hydrogen) atoms. The molecule has 3 aromatic rings. The second-order valence-corrected chi connectivity index (χ2v) is 6.67. The van der Waals surface area contributed by atoms with Crippen LogP contribution in [0.1, 0.15) is 38.0 Å². The summed E-state index contributed by atoms with van der Waals surface area (Å²) in [6, 6.07) is 20.8. The highest BCUT2D eigenvalue weighted by Crippen LogP contribution is 2.32. The molecular weight excluding hydrogens is 354 g/mol. The van der Waals surface area contributed by atoms with Gasteiger partial charge in [-0.1, -0.05) is 42.0 Å². The number of aromatic hydroxyl groups is 1. The molecule has 0 fully saturated rings. The SMILES string of the molecule is Cc1ccc(C2Nc3ccccc3C(=O)N2NC(=O)c2ccc(O)cc2)cc1. The fourth-order valence-electron chi connectivity index (χ4n) is 3.14. The van der Waals surface area contributed by atoms with Crippen molar-refractivity contribution in [1.82, 2.24) is 10.4 Å². The molecule has 140 valence electrons. The highest BCUT2D eigenvalue weighted by atomic mass is 16.3. The lowest BCUT2D eigenvalue weighted by Crippen LogP contribution is -2.52. The van der Waals surface area contributed by atoms with Gasteiger partial charge in [-0.3, -0.25) is 15.0 Å². The van der Waals surface area contributed by atoms with Gasteiger partial charge in [0.05, 0.1) is 5.56 Å². The minimum Gasteiger partial charge on any atom is -0.508 e. The minimum atomic E-state index is -0.552. The summed E-state index contributed by atoms with van der Waals surface area (Å²) in [4.78, 5) is 25.8. The van der Waals surface area contributed by atoms with Crippen molar-refractivity contribution >= 4 is 17.5 Å². The molecule has 1 atom stereocenters. The van der Waals surface area contributed by atoms with E-state index >= 15 is 0 Å². The maximum atomic E-state index is 13.1. The largest absolute Gasteiger partial charge is 0.508 e. The summed E-state index contributed by atoms with van der Waals surface area (Å²) in [6.07, 6.45) is -0.552. The molecule has 1 heterocycles. The molecule has 0 bridgehead atoms. The van der Waals surface area contributed by atoms with Gasteiger partial charge in [0.1, 0.15) is 11.9 Å². The maximum absolute atomic E-state index is 13.1. The molecule has 6 heteroatoms. The molecule has 0 saturated carbocycles. The van der Waals surface area contributed by atoms with Gasteiger partial charge in [-0.05, 0) is 48.9 Å². The number of para-hydroxylation sites is 1. The first-order valence-corrected chi connectivity index (χ1v) is 8.88. The average Bonchev–Trinajstić information content (AvgIpc) is 2.71. The fourth-order valence-corrected chi connectivity index (χ4v) is 3.14. The van der Waals surface area contributed by atoms with Crippen molar-refractivity contribution in [3.8, 4) is 5.75 Å². The zero-order valence-electron chi connectivity index (χ0n) is 15.2. The Morgan fingerprint density at radius 2 is 1.68 bits per heavy atom. The Kier molecular flexibility index (Phi) is 4.45. The van der Waals surface area contributed by atoms with E-state index in [0.717, 1.165) is 11.1 Å². The predicted octanol–water partition coefficient (Wildman–Crippen LogP) is 3.61. The van der Waals surface area contributed by atoms with Crippen LogP contribution >= 0.6 is 0 Å². The Morgan fingerprint density at radius 1 is 1.00 bits per heavy atom. The number of hydrazine groups is 1. The Labute approximate surface area is 162 Å². The summed E-state index contributed by atoms with van der Waals surface area (Å²) in [5.41, 5.74) is 6.20. The molecule has 0 spiro atoms. The summed E-state index contributed by atoms with van der Waals surface area (Å²) in [5.74, 6) is -0.669. The first kappa shape index (κ1) is 17.6. The van der Waals surface area contributed by atoms with Crippen LogP contribution in [0.2, 0.25) is 0 Å². The average molecular weight is 373 g/mol. The normalized spacial score (nSPS) is 15.5. The van der Waals surface area contributed by atoms with Crippen LogP contribution in [0, 0.1) is 6.92 Å². The zero-order chi connectivity index (χ0) is 19.7. The molecule has 0 aromatic heterocycles. The van der Waals surface area contributed by atoms with Crippen molar-refractivity contribution in [3.63, 3.8) is 0 Å². The molecule has 3 N–H and O–H groups in total. The van der Waals surface area contributed by atoms with Crippen molar-refractivity contribution in [2.45, 2.75) is 13.1 Å². The second kappa shape index (κ2) is 7.08. The van der Waals surface area contributed by atoms with Gasteiger partial charge in [0, 0.05) is 11.3 Å². The lowest BCUT2D eigenvalue weighted by molar-refractivity contribution is 0.0491. The molecule has 0 radical (unpaired) electrons. The molecule has 6 nitrogen and oxygen atoms in total. The first-order chi connectivity index (χ1) is 13.5. The highest BCUT2D eigenvalue weighted by Gasteiger charge is 2.34. The van der Waals surface area contributed by atoms with Crippen molar-refractivity contribution < 1.29 is 14.7 Å². The van der Waals surface area contributed by atoms with Gasteiger partial charge in [-0.15, -0.1) is 0 Å². The third kappa shape index (κ3) is 3.27. The van der Waals surface area contributed by atoms with Crippen LogP contribution in [-0.4, -0.2) is 21.9 Å². The monoisotopic (exact) mass is 373 g/mol. The lowest BCUT2D eigenvalue weighted by Gasteiger charge is -2.37. The number of anilines is 1. The Morgan fingerprint density at radius 3 is 2.39 bits per heavy atom. The van der Waals surface area contributed by atoms with Gasteiger partial charge < -0.3 is 10.4 Å². The van der Waals surface area contributed by atoms with Crippen LogP contribution in [0.3, 0.4) is 0 Å². The number of hydrogen-bond donors (Lipinski definition) is 3. The maximum Gasteiger partial charge on any atom is 0.276 e. The molecular formula is C22H19N3O3. The number of fused-ring (bicyclic) bond motifs is 1. The number of amides is 2. The van der Waals surface area contributed by atoms with E-state index in [0.29, 0.717) is 16.8 Å². The van der Waals surface area contributed by atoms with Gasteiger partial charge in [0.25, 0.3) is 11.8 Å². The molecule has 0 aliphatic carbocycles. The van der Waals surface area contributed by atoms with Crippen LogP contribution < -0.4 is 10.7 Å². The number of hydrogen-bond acceptors (Lipinski definition) is 4. The Bertz CT molecular complexity index is 1030. The van der Waals surface area contributed by atoms with E-state index in [-0.39, 0.29) is 11.7 Å². The molecule has 4 rings (SSSR count). The summed E-state index contributed by atoms with van der Waals surface area (Å²) in [7, 11) is 0. The number of phenols is 1. The number of rotatable bonds is 3. The summed E-state index contributed by atoms with van der Waals surface area (Å²) in [5, 5.41) is 14.1. The van der Waals surface area contributed by atoms with E-state index in [1.807, 2.05) is 43.3 Å². The van der Waals surface area contributed by atoms with Gasteiger partial charge in [-0.25, -0.2) is 5.01 Å². The number of carbonyl (C=O) groups excluding carboxylic acids is 2. The number of benzene rings is 3. The minimum absolute atomic E-state index is 0.0683. The van der Waals surface area contributed by atoms with Crippen molar-refractivity contribution in [2.24, 2.45) is 0 Å². The Hall–Kier alpha value is -3.80. The van der Waals surface area contributed by atoms with Gasteiger partial charge in [0.15, 0.2) is 0 Å². The molecule has 2 amide bonds. The predicted molar refractivity (Wildman–Crippen MR) is 106 cm³/mol. The molecule has 3 aromatic carbocycles. The van der Waals surface area contributed by atoms with Crippen molar-refractivity contribution in [3.05, 3.63) is 95.1 Å². The van der Waals surface area contributed by atoms with Crippen LogP contribution in [0.25, 0.3) is 0 Å². The number of carbonyl (C=O) groups is 2.